The third-order valence-electron chi connectivity index (χ3n) is 1.75. The Bertz CT molecular complexity index is 541. The molecule has 0 aromatic carbocycles. The average Bonchev–Trinajstić information content (AvgIpc) is 2.44. The molecule has 2 aromatic rings. The van der Waals surface area contributed by atoms with Gasteiger partial charge in [-0.2, -0.15) is 4.98 Å². The lowest BCUT2D eigenvalue weighted by molar-refractivity contribution is -0.139. The van der Waals surface area contributed by atoms with Crippen molar-refractivity contribution in [1.29, 1.82) is 0 Å². The van der Waals surface area contributed by atoms with Crippen molar-refractivity contribution in [3.05, 3.63) is 51.9 Å². The summed E-state index contributed by atoms with van der Waals surface area (Å²) in [6.45, 7) is -0.537. The van der Waals surface area contributed by atoms with Gasteiger partial charge in [-0.1, -0.05) is 40.9 Å². The standard InChI is InChI=1S/C7H4Cl3NO3.C5H5N/c8-3-1-4(9)7(11-6(3)10)14-2-5(12)13;1-2-4-6-5-3-1/h1H,2H2,(H,12,13);1-5H. The zero-order valence-corrected chi connectivity index (χ0v) is 12.2. The van der Waals surface area contributed by atoms with Crippen molar-refractivity contribution in [2.75, 3.05) is 6.61 Å². The summed E-state index contributed by atoms with van der Waals surface area (Å²) in [5, 5.41) is 8.64. The van der Waals surface area contributed by atoms with Crippen molar-refractivity contribution in [2.24, 2.45) is 0 Å². The molecule has 106 valence electrons. The van der Waals surface area contributed by atoms with Crippen LogP contribution in [0.2, 0.25) is 15.2 Å². The lowest BCUT2D eigenvalue weighted by Gasteiger charge is -2.05. The van der Waals surface area contributed by atoms with Crippen LogP contribution >= 0.6 is 34.8 Å². The zero-order valence-electron chi connectivity index (χ0n) is 9.96. The number of hydrogen-bond acceptors (Lipinski definition) is 4. The molecule has 0 bridgehead atoms. The molecule has 20 heavy (non-hydrogen) atoms. The Balaban J connectivity index is 0.000000276. The van der Waals surface area contributed by atoms with E-state index >= 15 is 0 Å². The number of aromatic nitrogens is 2. The summed E-state index contributed by atoms with van der Waals surface area (Å²) in [7, 11) is 0. The fourth-order valence-electron chi connectivity index (χ4n) is 0.972. The third-order valence-corrected chi connectivity index (χ3v) is 2.70. The molecule has 0 atom stereocenters. The Morgan fingerprint density at radius 1 is 1.15 bits per heavy atom. The van der Waals surface area contributed by atoms with Crippen LogP contribution in [0.15, 0.2) is 36.7 Å². The van der Waals surface area contributed by atoms with E-state index < -0.39 is 12.6 Å². The van der Waals surface area contributed by atoms with Gasteiger partial charge in [0.15, 0.2) is 11.8 Å². The molecule has 5 nitrogen and oxygen atoms in total. The average molecular weight is 336 g/mol. The third kappa shape index (κ3) is 6.06. The van der Waals surface area contributed by atoms with Gasteiger partial charge in [-0.3, -0.25) is 4.98 Å². The van der Waals surface area contributed by atoms with E-state index in [0.29, 0.717) is 0 Å². The predicted octanol–water partition coefficient (Wildman–Crippen LogP) is 3.59. The van der Waals surface area contributed by atoms with E-state index in [9.17, 15) is 4.79 Å². The summed E-state index contributed by atoms with van der Waals surface area (Å²) in [5.41, 5.74) is 0. The smallest absolute Gasteiger partial charge is 0.341 e. The molecule has 0 aliphatic rings. The van der Waals surface area contributed by atoms with E-state index in [1.165, 1.54) is 6.07 Å². The number of carboxylic acid groups (broad SMARTS) is 1. The van der Waals surface area contributed by atoms with Crippen LogP contribution in [-0.4, -0.2) is 27.7 Å². The molecule has 0 unspecified atom stereocenters. The van der Waals surface area contributed by atoms with Gasteiger partial charge in [-0.05, 0) is 18.2 Å². The molecular weight excluding hydrogens is 327 g/mol. The van der Waals surface area contributed by atoms with Gasteiger partial charge in [-0.25, -0.2) is 4.79 Å². The molecule has 2 heterocycles. The minimum absolute atomic E-state index is 0.0106. The van der Waals surface area contributed by atoms with Crippen molar-refractivity contribution in [2.45, 2.75) is 0 Å². The number of halogens is 3. The number of hydrogen-bond donors (Lipinski definition) is 1. The molecular formula is C12H9Cl3N2O3. The Labute approximate surface area is 130 Å². The minimum Gasteiger partial charge on any atom is -0.479 e. The summed E-state index contributed by atoms with van der Waals surface area (Å²) in [5.74, 6) is -1.18. The van der Waals surface area contributed by atoms with Gasteiger partial charge >= 0.3 is 5.97 Å². The maximum atomic E-state index is 10.2. The van der Waals surface area contributed by atoms with Crippen molar-refractivity contribution in [3.8, 4) is 5.88 Å². The first-order valence-corrected chi connectivity index (χ1v) is 6.35. The van der Waals surface area contributed by atoms with Crippen LogP contribution < -0.4 is 4.74 Å². The van der Waals surface area contributed by atoms with Gasteiger partial charge in [0.2, 0.25) is 5.88 Å². The number of ether oxygens (including phenoxy) is 1. The van der Waals surface area contributed by atoms with Gasteiger partial charge in [0.25, 0.3) is 0 Å². The highest BCUT2D eigenvalue weighted by Gasteiger charge is 2.10. The summed E-state index contributed by atoms with van der Waals surface area (Å²) in [6.07, 6.45) is 3.50. The van der Waals surface area contributed by atoms with Crippen LogP contribution in [-0.2, 0) is 4.79 Å². The second-order valence-corrected chi connectivity index (χ2v) is 4.43. The van der Waals surface area contributed by atoms with Crippen molar-refractivity contribution >= 4 is 40.8 Å². The van der Waals surface area contributed by atoms with Gasteiger partial charge in [0.05, 0.1) is 5.02 Å². The maximum absolute atomic E-state index is 10.2. The van der Waals surface area contributed by atoms with Crippen molar-refractivity contribution < 1.29 is 14.6 Å². The van der Waals surface area contributed by atoms with E-state index in [-0.39, 0.29) is 21.1 Å². The molecule has 0 spiro atoms. The van der Waals surface area contributed by atoms with Gasteiger partial charge in [0.1, 0.15) is 5.02 Å². The van der Waals surface area contributed by atoms with Gasteiger partial charge < -0.3 is 9.84 Å². The highest BCUT2D eigenvalue weighted by Crippen LogP contribution is 2.30. The number of aliphatic carboxylic acids is 1. The van der Waals surface area contributed by atoms with Crippen LogP contribution in [0.4, 0.5) is 0 Å². The number of pyridine rings is 2. The van der Waals surface area contributed by atoms with Crippen LogP contribution in [0.25, 0.3) is 0 Å². The lowest BCUT2D eigenvalue weighted by atomic mass is 10.5. The molecule has 0 radical (unpaired) electrons. The first-order chi connectivity index (χ1) is 9.50. The predicted molar refractivity (Wildman–Crippen MR) is 76.6 cm³/mol. The molecule has 8 heteroatoms. The maximum Gasteiger partial charge on any atom is 0.341 e. The normalized spacial score (nSPS) is 9.35. The first-order valence-electron chi connectivity index (χ1n) is 5.22. The summed E-state index contributed by atoms with van der Waals surface area (Å²) >= 11 is 16.8. The highest BCUT2D eigenvalue weighted by atomic mass is 35.5. The van der Waals surface area contributed by atoms with Gasteiger partial charge in [-0.15, -0.1) is 0 Å². The SMILES string of the molecule is O=C(O)COc1nc(Cl)c(Cl)cc1Cl.c1ccncc1. The zero-order chi connectivity index (χ0) is 15.0. The summed E-state index contributed by atoms with van der Waals surface area (Å²) < 4.78 is 4.75. The number of nitrogens with zero attached hydrogens (tertiary/aromatic N) is 2. The molecule has 0 fully saturated rings. The van der Waals surface area contributed by atoms with Crippen LogP contribution in [0.5, 0.6) is 5.88 Å². The molecule has 0 aliphatic carbocycles. The topological polar surface area (TPSA) is 72.3 Å². The number of rotatable bonds is 3. The molecule has 0 aliphatic heterocycles. The van der Waals surface area contributed by atoms with Crippen LogP contribution in [0, 0.1) is 0 Å². The van der Waals surface area contributed by atoms with E-state index in [4.69, 9.17) is 44.6 Å². The Hall–Kier alpha value is -1.56. The molecule has 0 saturated heterocycles. The van der Waals surface area contributed by atoms with Gasteiger partial charge in [0, 0.05) is 12.4 Å². The monoisotopic (exact) mass is 334 g/mol. The largest absolute Gasteiger partial charge is 0.479 e. The minimum atomic E-state index is -1.13. The van der Waals surface area contributed by atoms with E-state index in [0.717, 1.165) is 0 Å². The van der Waals surface area contributed by atoms with E-state index in [1.807, 2.05) is 18.2 Å². The van der Waals surface area contributed by atoms with Crippen molar-refractivity contribution in [3.63, 3.8) is 0 Å². The summed E-state index contributed by atoms with van der Waals surface area (Å²) in [6, 6.07) is 7.04. The Morgan fingerprint density at radius 3 is 2.25 bits per heavy atom. The fourth-order valence-corrected chi connectivity index (χ4v) is 1.52. The second-order valence-electron chi connectivity index (χ2n) is 3.25. The Kier molecular flexibility index (Phi) is 7.08. The Morgan fingerprint density at radius 2 is 1.80 bits per heavy atom. The second kappa shape index (κ2) is 8.58. The highest BCUT2D eigenvalue weighted by molar-refractivity contribution is 6.42. The van der Waals surface area contributed by atoms with E-state index in [2.05, 4.69) is 9.97 Å². The van der Waals surface area contributed by atoms with E-state index in [1.54, 1.807) is 12.4 Å². The quantitative estimate of drug-likeness (QED) is 0.868. The molecule has 0 amide bonds. The fraction of sp³-hybridized carbons (Fsp3) is 0.0833. The molecule has 2 aromatic heterocycles. The number of carbonyl (C=O) groups is 1. The molecule has 0 saturated carbocycles. The first kappa shape index (κ1) is 16.5. The number of carboxylic acids is 1. The van der Waals surface area contributed by atoms with Crippen LogP contribution in [0.1, 0.15) is 0 Å². The lowest BCUT2D eigenvalue weighted by Crippen LogP contribution is -2.10. The molecule has 2 rings (SSSR count). The van der Waals surface area contributed by atoms with Crippen molar-refractivity contribution in [1.82, 2.24) is 9.97 Å². The van der Waals surface area contributed by atoms with Crippen LogP contribution in [0.3, 0.4) is 0 Å². The summed E-state index contributed by atoms with van der Waals surface area (Å²) in [4.78, 5) is 17.6. The molecule has 1 N–H and O–H groups in total.